The number of anilines is 2. The van der Waals surface area contributed by atoms with Gasteiger partial charge in [0.1, 0.15) is 11.5 Å². The Balaban J connectivity index is 1.47. The number of rotatable bonds is 4. The second kappa shape index (κ2) is 8.12. The minimum absolute atomic E-state index is 0.0263. The first kappa shape index (κ1) is 18.0. The predicted octanol–water partition coefficient (Wildman–Crippen LogP) is 3.34. The first-order valence-corrected chi connectivity index (χ1v) is 9.42. The summed E-state index contributed by atoms with van der Waals surface area (Å²) in [5.41, 5.74) is 2.52. The van der Waals surface area contributed by atoms with Crippen molar-refractivity contribution in [2.45, 2.75) is 25.7 Å². The molecule has 3 aromatic heterocycles. The van der Waals surface area contributed by atoms with Gasteiger partial charge in [0.15, 0.2) is 0 Å². The maximum atomic E-state index is 12.7. The maximum Gasteiger partial charge on any atom is 0.272 e. The number of nitrogens with zero attached hydrogens (tertiary/aromatic N) is 5. The molecule has 1 atom stereocenters. The van der Waals surface area contributed by atoms with Crippen LogP contribution in [0.4, 0.5) is 11.8 Å². The number of aromatic nitrogens is 4. The number of carbonyl (C=O) groups excluding carboxylic acids is 1. The molecular formula is C21H22N6O. The Morgan fingerprint density at radius 3 is 2.82 bits per heavy atom. The summed E-state index contributed by atoms with van der Waals surface area (Å²) in [6.45, 7) is 3.37. The zero-order valence-electron chi connectivity index (χ0n) is 15.7. The zero-order valence-corrected chi connectivity index (χ0v) is 15.7. The van der Waals surface area contributed by atoms with Crippen LogP contribution in [0.15, 0.2) is 55.0 Å². The first-order valence-electron chi connectivity index (χ1n) is 9.42. The Hall–Kier alpha value is -3.35. The summed E-state index contributed by atoms with van der Waals surface area (Å²) < 4.78 is 0. The Morgan fingerprint density at radius 2 is 2.04 bits per heavy atom. The Bertz CT molecular complexity index is 945. The highest BCUT2D eigenvalue weighted by molar-refractivity contribution is 5.92. The summed E-state index contributed by atoms with van der Waals surface area (Å²) in [6.07, 6.45) is 7.13. The fourth-order valence-corrected chi connectivity index (χ4v) is 3.37. The van der Waals surface area contributed by atoms with Crippen molar-refractivity contribution >= 4 is 17.7 Å². The van der Waals surface area contributed by atoms with Crippen molar-refractivity contribution < 1.29 is 4.79 Å². The summed E-state index contributed by atoms with van der Waals surface area (Å²) >= 11 is 0. The van der Waals surface area contributed by atoms with Gasteiger partial charge in [-0.3, -0.25) is 9.78 Å². The molecule has 3 aromatic rings. The highest BCUT2D eigenvalue weighted by Crippen LogP contribution is 2.27. The SMILES string of the molecule is Cc1ccc(Nc2nccc(C3CCCN(C(=O)c4ccccn4)C3)n2)nc1. The van der Waals surface area contributed by atoms with E-state index in [0.717, 1.165) is 30.6 Å². The summed E-state index contributed by atoms with van der Waals surface area (Å²) in [4.78, 5) is 32.1. The van der Waals surface area contributed by atoms with Crippen molar-refractivity contribution in [3.63, 3.8) is 0 Å². The maximum absolute atomic E-state index is 12.7. The number of nitrogens with one attached hydrogen (secondary N) is 1. The van der Waals surface area contributed by atoms with Gasteiger partial charge in [-0.1, -0.05) is 12.1 Å². The number of carbonyl (C=O) groups is 1. The molecule has 4 heterocycles. The standard InChI is InChI=1S/C21H22N6O/c1-15-7-8-19(24-13-15)26-21-23-11-9-17(25-21)16-5-4-12-27(14-16)20(28)18-6-2-3-10-22-18/h2-3,6-11,13,16H,4-5,12,14H2,1H3,(H,23,24,25,26). The van der Waals surface area contributed by atoms with Crippen LogP contribution in [0.2, 0.25) is 0 Å². The van der Waals surface area contributed by atoms with Gasteiger partial charge in [0.2, 0.25) is 5.95 Å². The van der Waals surface area contributed by atoms with E-state index in [4.69, 9.17) is 0 Å². The smallest absolute Gasteiger partial charge is 0.272 e. The van der Waals surface area contributed by atoms with Gasteiger partial charge in [0, 0.05) is 37.6 Å². The largest absolute Gasteiger partial charge is 0.337 e. The molecule has 0 bridgehead atoms. The molecule has 1 aliphatic heterocycles. The lowest BCUT2D eigenvalue weighted by Crippen LogP contribution is -2.39. The number of piperidine rings is 1. The van der Waals surface area contributed by atoms with Crippen LogP contribution < -0.4 is 5.32 Å². The molecule has 0 spiro atoms. The molecule has 1 aliphatic rings. The van der Waals surface area contributed by atoms with Crippen LogP contribution in [0.1, 0.15) is 40.5 Å². The van der Waals surface area contributed by atoms with Crippen molar-refractivity contribution in [1.29, 1.82) is 0 Å². The average Bonchev–Trinajstić information content (AvgIpc) is 2.76. The molecule has 0 aliphatic carbocycles. The van der Waals surface area contributed by atoms with E-state index >= 15 is 0 Å². The minimum Gasteiger partial charge on any atom is -0.337 e. The molecule has 4 rings (SSSR count). The molecule has 0 saturated carbocycles. The third-order valence-corrected chi connectivity index (χ3v) is 4.84. The van der Waals surface area contributed by atoms with E-state index < -0.39 is 0 Å². The van der Waals surface area contributed by atoms with Crippen LogP contribution in [0.25, 0.3) is 0 Å². The first-order chi connectivity index (χ1) is 13.7. The second-order valence-corrected chi connectivity index (χ2v) is 6.96. The van der Waals surface area contributed by atoms with Gasteiger partial charge in [0.25, 0.3) is 5.91 Å². The molecular weight excluding hydrogens is 352 g/mol. The zero-order chi connectivity index (χ0) is 19.3. The van der Waals surface area contributed by atoms with Gasteiger partial charge in [-0.05, 0) is 49.6 Å². The summed E-state index contributed by atoms with van der Waals surface area (Å²) in [5.74, 6) is 1.37. The monoisotopic (exact) mass is 374 g/mol. The van der Waals surface area contributed by atoms with Crippen molar-refractivity contribution in [2.24, 2.45) is 0 Å². The topological polar surface area (TPSA) is 83.9 Å². The normalized spacial score (nSPS) is 16.6. The third kappa shape index (κ3) is 4.14. The third-order valence-electron chi connectivity index (χ3n) is 4.84. The number of hydrogen-bond donors (Lipinski definition) is 1. The molecule has 7 nitrogen and oxygen atoms in total. The van der Waals surface area contributed by atoms with Crippen LogP contribution in [-0.2, 0) is 0 Å². The van der Waals surface area contributed by atoms with Gasteiger partial charge in [0.05, 0.1) is 5.69 Å². The van der Waals surface area contributed by atoms with Crippen molar-refractivity contribution in [3.8, 4) is 0 Å². The van der Waals surface area contributed by atoms with E-state index in [9.17, 15) is 4.79 Å². The van der Waals surface area contributed by atoms with E-state index in [0.29, 0.717) is 24.0 Å². The fourth-order valence-electron chi connectivity index (χ4n) is 3.37. The van der Waals surface area contributed by atoms with Crippen LogP contribution >= 0.6 is 0 Å². The van der Waals surface area contributed by atoms with Crippen LogP contribution in [0.3, 0.4) is 0 Å². The highest BCUT2D eigenvalue weighted by atomic mass is 16.2. The van der Waals surface area contributed by atoms with E-state index in [1.54, 1.807) is 24.7 Å². The van der Waals surface area contributed by atoms with Gasteiger partial charge < -0.3 is 10.2 Å². The molecule has 7 heteroatoms. The van der Waals surface area contributed by atoms with Crippen LogP contribution in [0.5, 0.6) is 0 Å². The van der Waals surface area contributed by atoms with Crippen LogP contribution in [-0.4, -0.2) is 43.8 Å². The summed E-state index contributed by atoms with van der Waals surface area (Å²) in [5, 5.41) is 3.15. The predicted molar refractivity (Wildman–Crippen MR) is 106 cm³/mol. The van der Waals surface area contributed by atoms with Crippen LogP contribution in [0, 0.1) is 6.92 Å². The molecule has 0 radical (unpaired) electrons. The lowest BCUT2D eigenvalue weighted by molar-refractivity contribution is 0.0700. The van der Waals surface area contributed by atoms with Gasteiger partial charge >= 0.3 is 0 Å². The van der Waals surface area contributed by atoms with Gasteiger partial charge in [-0.25, -0.2) is 15.0 Å². The minimum atomic E-state index is -0.0263. The fraction of sp³-hybridized carbons (Fsp3) is 0.286. The summed E-state index contributed by atoms with van der Waals surface area (Å²) in [6, 6.07) is 11.2. The number of likely N-dealkylation sites (tertiary alicyclic amines) is 1. The van der Waals surface area contributed by atoms with E-state index in [-0.39, 0.29) is 11.8 Å². The van der Waals surface area contributed by atoms with Crippen molar-refractivity contribution in [2.75, 3.05) is 18.4 Å². The average molecular weight is 374 g/mol. The number of amides is 1. The lowest BCUT2D eigenvalue weighted by Gasteiger charge is -2.32. The second-order valence-electron chi connectivity index (χ2n) is 6.96. The Labute approximate surface area is 163 Å². The molecule has 1 amide bonds. The molecule has 1 unspecified atom stereocenters. The van der Waals surface area contributed by atoms with E-state index in [1.807, 2.05) is 42.2 Å². The summed E-state index contributed by atoms with van der Waals surface area (Å²) in [7, 11) is 0. The van der Waals surface area contributed by atoms with Crippen molar-refractivity contribution in [3.05, 3.63) is 71.9 Å². The number of hydrogen-bond acceptors (Lipinski definition) is 6. The van der Waals surface area contributed by atoms with Gasteiger partial charge in [-0.15, -0.1) is 0 Å². The van der Waals surface area contributed by atoms with Gasteiger partial charge in [-0.2, -0.15) is 0 Å². The highest BCUT2D eigenvalue weighted by Gasteiger charge is 2.27. The molecule has 28 heavy (non-hydrogen) atoms. The Morgan fingerprint density at radius 1 is 1.11 bits per heavy atom. The molecule has 1 saturated heterocycles. The molecule has 142 valence electrons. The van der Waals surface area contributed by atoms with E-state index in [1.165, 1.54) is 0 Å². The molecule has 1 fully saturated rings. The van der Waals surface area contributed by atoms with Crippen molar-refractivity contribution in [1.82, 2.24) is 24.8 Å². The van der Waals surface area contributed by atoms with E-state index in [2.05, 4.69) is 25.3 Å². The molecule has 1 N–H and O–H groups in total. The quantitative estimate of drug-likeness (QED) is 0.754. The number of pyridine rings is 2. The molecule has 0 aromatic carbocycles. The number of aryl methyl sites for hydroxylation is 1. The lowest BCUT2D eigenvalue weighted by atomic mass is 9.94. The Kier molecular flexibility index (Phi) is 5.23.